The molecule has 1 aromatic heterocycles. The van der Waals surface area contributed by atoms with Gasteiger partial charge in [-0.2, -0.15) is 0 Å². The Morgan fingerprint density at radius 3 is 2.88 bits per heavy atom. The Labute approximate surface area is 138 Å². The van der Waals surface area contributed by atoms with E-state index in [-0.39, 0.29) is 13.2 Å². The molecule has 0 amide bonds. The minimum atomic E-state index is -0.829. The zero-order valence-electron chi connectivity index (χ0n) is 13.4. The van der Waals surface area contributed by atoms with Gasteiger partial charge in [0.15, 0.2) is 0 Å². The van der Waals surface area contributed by atoms with E-state index in [2.05, 4.69) is 5.16 Å². The molecule has 1 fully saturated rings. The van der Waals surface area contributed by atoms with Crippen LogP contribution in [0, 0.1) is 13.8 Å². The van der Waals surface area contributed by atoms with Gasteiger partial charge in [-0.1, -0.05) is 11.2 Å². The largest absolute Gasteiger partial charge is 0.489 e. The van der Waals surface area contributed by atoms with Crippen molar-refractivity contribution in [3.8, 4) is 5.75 Å². The smallest absolute Gasteiger partial charge is 0.347 e. The Morgan fingerprint density at radius 2 is 2.21 bits per heavy atom. The van der Waals surface area contributed by atoms with Gasteiger partial charge in [-0.25, -0.2) is 9.59 Å². The molecule has 1 aromatic carbocycles. The molecule has 0 spiro atoms. The number of benzene rings is 1. The highest BCUT2D eigenvalue weighted by atomic mass is 16.6. The second kappa shape index (κ2) is 6.74. The van der Waals surface area contributed by atoms with Gasteiger partial charge in [-0.15, -0.1) is 0 Å². The average molecular weight is 331 g/mol. The maximum atomic E-state index is 12.1. The van der Waals surface area contributed by atoms with Crippen LogP contribution >= 0.6 is 0 Å². The second-order valence-corrected chi connectivity index (χ2v) is 5.47. The molecule has 1 unspecified atom stereocenters. The molecule has 1 atom stereocenters. The first-order chi connectivity index (χ1) is 11.5. The van der Waals surface area contributed by atoms with E-state index in [9.17, 15) is 9.59 Å². The zero-order valence-corrected chi connectivity index (χ0v) is 13.4. The van der Waals surface area contributed by atoms with Crippen LogP contribution in [0.4, 0.5) is 0 Å². The first kappa shape index (κ1) is 16.0. The third-order valence-corrected chi connectivity index (χ3v) is 3.77. The number of hydrogen-bond acceptors (Lipinski definition) is 7. The summed E-state index contributed by atoms with van der Waals surface area (Å²) < 4.78 is 20.7. The van der Waals surface area contributed by atoms with Crippen LogP contribution in [0.2, 0.25) is 0 Å². The minimum Gasteiger partial charge on any atom is -0.489 e. The van der Waals surface area contributed by atoms with Crippen molar-refractivity contribution in [1.29, 1.82) is 0 Å². The molecular formula is C17H17NO6. The fourth-order valence-electron chi connectivity index (χ4n) is 2.36. The summed E-state index contributed by atoms with van der Waals surface area (Å²) in [6, 6.07) is 6.59. The van der Waals surface area contributed by atoms with Crippen LogP contribution in [0.25, 0.3) is 0 Å². The van der Waals surface area contributed by atoms with Crippen LogP contribution in [0.1, 0.15) is 33.8 Å². The average Bonchev–Trinajstić information content (AvgIpc) is 3.12. The zero-order chi connectivity index (χ0) is 17.1. The number of hydrogen-bond donors (Lipinski definition) is 0. The van der Waals surface area contributed by atoms with Crippen molar-refractivity contribution in [2.75, 3.05) is 6.61 Å². The van der Waals surface area contributed by atoms with E-state index in [0.717, 1.165) is 11.3 Å². The van der Waals surface area contributed by atoms with Gasteiger partial charge in [-0.3, -0.25) is 0 Å². The molecule has 0 aliphatic carbocycles. The molecular weight excluding hydrogens is 314 g/mol. The molecule has 1 aliphatic heterocycles. The van der Waals surface area contributed by atoms with Gasteiger partial charge < -0.3 is 18.7 Å². The normalized spacial score (nSPS) is 16.8. The van der Waals surface area contributed by atoms with Crippen molar-refractivity contribution < 1.29 is 28.3 Å². The molecule has 1 saturated heterocycles. The fraction of sp³-hybridized carbons (Fsp3) is 0.353. The summed E-state index contributed by atoms with van der Waals surface area (Å²) in [6.45, 7) is 4.21. The van der Waals surface area contributed by atoms with E-state index >= 15 is 0 Å². The SMILES string of the molecule is Cc1noc(C)c1COc1cccc(C(=O)OC2CCOC2=O)c1. The van der Waals surface area contributed by atoms with Gasteiger partial charge in [-0.05, 0) is 32.0 Å². The summed E-state index contributed by atoms with van der Waals surface area (Å²) in [5, 5.41) is 3.87. The standard InChI is InChI=1S/C17H17NO6/c1-10-14(11(2)24-18-10)9-22-13-5-3-4-12(8-13)16(19)23-15-6-7-21-17(15)20/h3-5,8,15H,6-7,9H2,1-2H3. The third kappa shape index (κ3) is 3.40. The molecule has 0 N–H and O–H groups in total. The number of esters is 2. The van der Waals surface area contributed by atoms with Crippen LogP contribution in [0.5, 0.6) is 5.75 Å². The van der Waals surface area contributed by atoms with Gasteiger partial charge in [0.25, 0.3) is 0 Å². The van der Waals surface area contributed by atoms with Crippen molar-refractivity contribution in [1.82, 2.24) is 5.16 Å². The number of nitrogens with zero attached hydrogens (tertiary/aromatic N) is 1. The van der Waals surface area contributed by atoms with Crippen LogP contribution < -0.4 is 4.74 Å². The van der Waals surface area contributed by atoms with Crippen LogP contribution in [-0.4, -0.2) is 29.8 Å². The Morgan fingerprint density at radius 1 is 1.38 bits per heavy atom. The predicted octanol–water partition coefficient (Wildman–Crippen LogP) is 2.34. The highest BCUT2D eigenvalue weighted by Crippen LogP contribution is 2.20. The van der Waals surface area contributed by atoms with Gasteiger partial charge in [0.05, 0.1) is 23.4 Å². The molecule has 0 saturated carbocycles. The quantitative estimate of drug-likeness (QED) is 0.777. The van der Waals surface area contributed by atoms with E-state index < -0.39 is 18.0 Å². The molecule has 0 bridgehead atoms. The third-order valence-electron chi connectivity index (χ3n) is 3.77. The van der Waals surface area contributed by atoms with Gasteiger partial charge >= 0.3 is 11.9 Å². The fourth-order valence-corrected chi connectivity index (χ4v) is 2.36. The summed E-state index contributed by atoms with van der Waals surface area (Å²) >= 11 is 0. The Hall–Kier alpha value is -2.83. The first-order valence-electron chi connectivity index (χ1n) is 7.57. The van der Waals surface area contributed by atoms with E-state index in [4.69, 9.17) is 18.7 Å². The maximum Gasteiger partial charge on any atom is 0.347 e. The van der Waals surface area contributed by atoms with Crippen molar-refractivity contribution in [3.63, 3.8) is 0 Å². The first-order valence-corrected chi connectivity index (χ1v) is 7.57. The lowest BCUT2D eigenvalue weighted by Gasteiger charge is -2.10. The lowest BCUT2D eigenvalue weighted by atomic mass is 10.2. The predicted molar refractivity (Wildman–Crippen MR) is 81.5 cm³/mol. The number of carbonyl (C=O) groups is 2. The maximum absolute atomic E-state index is 12.1. The van der Waals surface area contributed by atoms with E-state index in [0.29, 0.717) is 23.5 Å². The second-order valence-electron chi connectivity index (χ2n) is 5.47. The molecule has 2 aromatic rings. The molecule has 0 radical (unpaired) electrons. The Bertz CT molecular complexity index is 747. The monoisotopic (exact) mass is 331 g/mol. The van der Waals surface area contributed by atoms with E-state index in [1.807, 2.05) is 13.8 Å². The highest BCUT2D eigenvalue weighted by Gasteiger charge is 2.30. The number of ether oxygens (including phenoxy) is 3. The molecule has 1 aliphatic rings. The topological polar surface area (TPSA) is 87.9 Å². The van der Waals surface area contributed by atoms with Gasteiger partial charge in [0, 0.05) is 6.42 Å². The molecule has 7 nitrogen and oxygen atoms in total. The molecule has 24 heavy (non-hydrogen) atoms. The molecule has 2 heterocycles. The van der Waals surface area contributed by atoms with Crippen LogP contribution in [0.3, 0.4) is 0 Å². The summed E-state index contributed by atoms with van der Waals surface area (Å²) in [4.78, 5) is 23.5. The highest BCUT2D eigenvalue weighted by molar-refractivity contribution is 5.92. The lowest BCUT2D eigenvalue weighted by molar-refractivity contribution is -0.145. The van der Waals surface area contributed by atoms with Gasteiger partial charge in [0.2, 0.25) is 6.10 Å². The molecule has 126 valence electrons. The summed E-state index contributed by atoms with van der Waals surface area (Å²) in [5.41, 5.74) is 1.95. The van der Waals surface area contributed by atoms with E-state index in [1.165, 1.54) is 0 Å². The molecule has 7 heteroatoms. The van der Waals surface area contributed by atoms with Crippen LogP contribution in [-0.2, 0) is 20.9 Å². The minimum absolute atomic E-state index is 0.275. The van der Waals surface area contributed by atoms with Crippen molar-refractivity contribution in [2.45, 2.75) is 33.0 Å². The molecule has 3 rings (SSSR count). The summed E-state index contributed by atoms with van der Waals surface area (Å²) in [5.74, 6) is 0.122. The summed E-state index contributed by atoms with van der Waals surface area (Å²) in [7, 11) is 0. The number of rotatable bonds is 5. The van der Waals surface area contributed by atoms with Crippen molar-refractivity contribution in [3.05, 3.63) is 46.8 Å². The van der Waals surface area contributed by atoms with Crippen LogP contribution in [0.15, 0.2) is 28.8 Å². The van der Waals surface area contributed by atoms with Crippen molar-refractivity contribution in [2.24, 2.45) is 0 Å². The number of aromatic nitrogens is 1. The number of aryl methyl sites for hydroxylation is 2. The Kier molecular flexibility index (Phi) is 4.50. The van der Waals surface area contributed by atoms with Crippen molar-refractivity contribution >= 4 is 11.9 Å². The van der Waals surface area contributed by atoms with E-state index in [1.54, 1.807) is 24.3 Å². The lowest BCUT2D eigenvalue weighted by Crippen LogP contribution is -2.22. The number of carbonyl (C=O) groups excluding carboxylic acids is 2. The number of cyclic esters (lactones) is 1. The summed E-state index contributed by atoms with van der Waals surface area (Å²) in [6.07, 6.45) is -0.448. The van der Waals surface area contributed by atoms with Gasteiger partial charge in [0.1, 0.15) is 18.1 Å². The Balaban J connectivity index is 1.65.